The molecule has 0 saturated heterocycles. The molecule has 1 atom stereocenters. The van der Waals surface area contributed by atoms with E-state index in [-0.39, 0.29) is 6.04 Å². The predicted octanol–water partition coefficient (Wildman–Crippen LogP) is 5.18. The maximum Gasteiger partial charge on any atom is 0.0484 e. The van der Waals surface area contributed by atoms with Crippen molar-refractivity contribution in [2.75, 3.05) is 0 Å². The van der Waals surface area contributed by atoms with Crippen LogP contribution >= 0.6 is 11.6 Å². The van der Waals surface area contributed by atoms with Gasteiger partial charge in [0.25, 0.3) is 0 Å². The summed E-state index contributed by atoms with van der Waals surface area (Å²) in [5.41, 5.74) is 9.42. The number of fused-ring (bicyclic) bond motifs is 1. The number of nitrogens with two attached hydrogens (primary N) is 1. The van der Waals surface area contributed by atoms with Crippen LogP contribution in [0.5, 0.6) is 0 Å². The monoisotopic (exact) mass is 281 g/mol. The molecular formula is C18H16ClN. The standard InChI is InChI=1S/C18H16ClN/c1-12(20)13-6-8-14(9-7-13)15-10-11-18(19)17-5-3-2-4-16(15)17/h2-12H,20H2,1H3. The fourth-order valence-corrected chi connectivity index (χ4v) is 2.71. The van der Waals surface area contributed by atoms with Crippen molar-refractivity contribution in [3.05, 3.63) is 71.2 Å². The van der Waals surface area contributed by atoms with Gasteiger partial charge in [0.15, 0.2) is 0 Å². The van der Waals surface area contributed by atoms with Crippen molar-refractivity contribution in [3.8, 4) is 11.1 Å². The third-order valence-corrected chi connectivity index (χ3v) is 3.95. The van der Waals surface area contributed by atoms with Gasteiger partial charge in [0.2, 0.25) is 0 Å². The first-order valence-electron chi connectivity index (χ1n) is 6.70. The Kier molecular flexibility index (Phi) is 3.47. The second kappa shape index (κ2) is 5.28. The van der Waals surface area contributed by atoms with Crippen molar-refractivity contribution in [2.24, 2.45) is 5.73 Å². The average Bonchev–Trinajstić information content (AvgIpc) is 2.48. The Morgan fingerprint density at radius 2 is 1.50 bits per heavy atom. The molecule has 0 aliphatic heterocycles. The molecule has 3 aromatic carbocycles. The van der Waals surface area contributed by atoms with Crippen molar-refractivity contribution in [1.29, 1.82) is 0 Å². The molecule has 20 heavy (non-hydrogen) atoms. The van der Waals surface area contributed by atoms with Gasteiger partial charge in [-0.2, -0.15) is 0 Å². The summed E-state index contributed by atoms with van der Waals surface area (Å²) in [5, 5.41) is 3.05. The van der Waals surface area contributed by atoms with E-state index in [2.05, 4.69) is 42.5 Å². The van der Waals surface area contributed by atoms with Crippen LogP contribution in [0.25, 0.3) is 21.9 Å². The summed E-state index contributed by atoms with van der Waals surface area (Å²) in [4.78, 5) is 0. The number of hydrogen-bond acceptors (Lipinski definition) is 1. The van der Waals surface area contributed by atoms with Gasteiger partial charge in [-0.3, -0.25) is 0 Å². The smallest absolute Gasteiger partial charge is 0.0484 e. The highest BCUT2D eigenvalue weighted by molar-refractivity contribution is 6.36. The lowest BCUT2D eigenvalue weighted by Gasteiger charge is -2.10. The first-order chi connectivity index (χ1) is 9.66. The lowest BCUT2D eigenvalue weighted by Crippen LogP contribution is -2.04. The molecule has 0 aliphatic rings. The lowest BCUT2D eigenvalue weighted by molar-refractivity contribution is 0.818. The van der Waals surface area contributed by atoms with Gasteiger partial charge < -0.3 is 5.73 Å². The van der Waals surface area contributed by atoms with Crippen molar-refractivity contribution < 1.29 is 0 Å². The van der Waals surface area contributed by atoms with Gasteiger partial charge in [-0.15, -0.1) is 0 Å². The van der Waals surface area contributed by atoms with Crippen LogP contribution in [-0.4, -0.2) is 0 Å². The Bertz CT molecular complexity index is 745. The Hall–Kier alpha value is -1.83. The van der Waals surface area contributed by atoms with E-state index in [4.69, 9.17) is 17.3 Å². The van der Waals surface area contributed by atoms with E-state index in [1.807, 2.05) is 25.1 Å². The van der Waals surface area contributed by atoms with Crippen LogP contribution in [0, 0.1) is 0 Å². The van der Waals surface area contributed by atoms with Crippen LogP contribution in [0.15, 0.2) is 60.7 Å². The number of benzene rings is 3. The molecule has 1 nitrogen and oxygen atoms in total. The maximum absolute atomic E-state index is 6.27. The normalized spacial score (nSPS) is 12.6. The molecule has 100 valence electrons. The first-order valence-corrected chi connectivity index (χ1v) is 7.08. The van der Waals surface area contributed by atoms with Crippen molar-refractivity contribution >= 4 is 22.4 Å². The molecule has 1 unspecified atom stereocenters. The summed E-state index contributed by atoms with van der Waals surface area (Å²) in [5.74, 6) is 0. The van der Waals surface area contributed by atoms with Gasteiger partial charge in [0, 0.05) is 16.5 Å². The highest BCUT2D eigenvalue weighted by atomic mass is 35.5. The van der Waals surface area contributed by atoms with Crippen LogP contribution in [0.4, 0.5) is 0 Å². The molecule has 0 heterocycles. The number of rotatable bonds is 2. The third kappa shape index (κ3) is 2.31. The molecule has 0 saturated carbocycles. The minimum absolute atomic E-state index is 0.0611. The second-order valence-electron chi connectivity index (χ2n) is 5.05. The molecule has 0 radical (unpaired) electrons. The van der Waals surface area contributed by atoms with E-state index in [0.717, 1.165) is 16.0 Å². The molecular weight excluding hydrogens is 266 g/mol. The zero-order valence-corrected chi connectivity index (χ0v) is 12.1. The minimum atomic E-state index is 0.0611. The third-order valence-electron chi connectivity index (χ3n) is 3.62. The fourth-order valence-electron chi connectivity index (χ4n) is 2.48. The molecule has 0 amide bonds. The van der Waals surface area contributed by atoms with E-state index in [1.165, 1.54) is 16.5 Å². The molecule has 0 fully saturated rings. The average molecular weight is 282 g/mol. The number of halogens is 1. The van der Waals surface area contributed by atoms with Crippen molar-refractivity contribution in [3.63, 3.8) is 0 Å². The Labute approximate surface area is 124 Å². The summed E-state index contributed by atoms with van der Waals surface area (Å²) in [6.45, 7) is 1.99. The largest absolute Gasteiger partial charge is 0.324 e. The van der Waals surface area contributed by atoms with E-state index in [0.29, 0.717) is 0 Å². The van der Waals surface area contributed by atoms with Crippen LogP contribution in [0.3, 0.4) is 0 Å². The van der Waals surface area contributed by atoms with Gasteiger partial charge in [-0.25, -0.2) is 0 Å². The van der Waals surface area contributed by atoms with Crippen LogP contribution < -0.4 is 5.73 Å². The van der Waals surface area contributed by atoms with Crippen LogP contribution in [-0.2, 0) is 0 Å². The fraction of sp³-hybridized carbons (Fsp3) is 0.111. The quantitative estimate of drug-likeness (QED) is 0.688. The molecule has 2 heteroatoms. The van der Waals surface area contributed by atoms with Crippen LogP contribution in [0.1, 0.15) is 18.5 Å². The maximum atomic E-state index is 6.27. The summed E-state index contributed by atoms with van der Waals surface area (Å²) >= 11 is 6.27. The highest BCUT2D eigenvalue weighted by Crippen LogP contribution is 2.33. The van der Waals surface area contributed by atoms with Crippen molar-refractivity contribution in [1.82, 2.24) is 0 Å². The lowest BCUT2D eigenvalue weighted by atomic mass is 9.96. The molecule has 2 N–H and O–H groups in total. The molecule has 0 aromatic heterocycles. The van der Waals surface area contributed by atoms with Gasteiger partial charge in [0.1, 0.15) is 0 Å². The van der Waals surface area contributed by atoms with Crippen molar-refractivity contribution in [2.45, 2.75) is 13.0 Å². The topological polar surface area (TPSA) is 26.0 Å². The van der Waals surface area contributed by atoms with E-state index >= 15 is 0 Å². The molecule has 3 aromatic rings. The van der Waals surface area contributed by atoms with E-state index in [1.54, 1.807) is 0 Å². The summed E-state index contributed by atoms with van der Waals surface area (Å²) < 4.78 is 0. The molecule has 0 spiro atoms. The zero-order valence-electron chi connectivity index (χ0n) is 11.3. The molecule has 3 rings (SSSR count). The molecule has 0 bridgehead atoms. The Balaban J connectivity index is 2.17. The summed E-state index contributed by atoms with van der Waals surface area (Å²) in [6.07, 6.45) is 0. The van der Waals surface area contributed by atoms with Gasteiger partial charge in [-0.05, 0) is 35.1 Å². The Morgan fingerprint density at radius 1 is 0.850 bits per heavy atom. The van der Waals surface area contributed by atoms with Gasteiger partial charge in [-0.1, -0.05) is 66.2 Å². The highest BCUT2D eigenvalue weighted by Gasteiger charge is 2.07. The minimum Gasteiger partial charge on any atom is -0.324 e. The van der Waals surface area contributed by atoms with E-state index in [9.17, 15) is 0 Å². The van der Waals surface area contributed by atoms with Gasteiger partial charge >= 0.3 is 0 Å². The predicted molar refractivity (Wildman–Crippen MR) is 87.0 cm³/mol. The molecule has 0 aliphatic carbocycles. The van der Waals surface area contributed by atoms with E-state index < -0.39 is 0 Å². The Morgan fingerprint density at radius 3 is 2.15 bits per heavy atom. The van der Waals surface area contributed by atoms with Gasteiger partial charge in [0.05, 0.1) is 0 Å². The second-order valence-corrected chi connectivity index (χ2v) is 5.46. The zero-order chi connectivity index (χ0) is 14.1. The SMILES string of the molecule is CC(N)c1ccc(-c2ccc(Cl)c3ccccc23)cc1. The van der Waals surface area contributed by atoms with Crippen LogP contribution in [0.2, 0.25) is 5.02 Å². The summed E-state index contributed by atoms with van der Waals surface area (Å²) in [6, 6.07) is 20.7. The first kappa shape index (κ1) is 13.2. The summed E-state index contributed by atoms with van der Waals surface area (Å²) in [7, 11) is 0. The number of hydrogen-bond donors (Lipinski definition) is 1.